The Bertz CT molecular complexity index is 1040. The molecule has 0 unspecified atom stereocenters. The van der Waals surface area contributed by atoms with Gasteiger partial charge < -0.3 is 5.32 Å². The predicted molar refractivity (Wildman–Crippen MR) is 97.9 cm³/mol. The lowest BCUT2D eigenvalue weighted by atomic mass is 10.1. The molecule has 1 N–H and O–H groups in total. The molecule has 124 valence electrons. The fourth-order valence-corrected chi connectivity index (χ4v) is 3.52. The Balaban J connectivity index is 1.72. The number of fused-ring (bicyclic) bond motifs is 1. The molecule has 0 saturated heterocycles. The second kappa shape index (κ2) is 6.31. The number of hydrogen-bond donors (Lipinski definition) is 1. The van der Waals surface area contributed by atoms with Gasteiger partial charge in [-0.25, -0.2) is 9.37 Å². The molecule has 0 aliphatic carbocycles. The number of carbonyl (C=O) groups excluding carboxylic acids is 1. The van der Waals surface area contributed by atoms with E-state index in [0.29, 0.717) is 5.69 Å². The molecule has 0 fully saturated rings. The highest BCUT2D eigenvalue weighted by Gasteiger charge is 2.18. The third-order valence-electron chi connectivity index (χ3n) is 3.73. The number of rotatable bonds is 3. The monoisotopic (exact) mass is 371 g/mol. The molecular weight excluding hydrogens is 361 g/mol. The van der Waals surface area contributed by atoms with Crippen molar-refractivity contribution in [3.63, 3.8) is 0 Å². The maximum absolute atomic E-state index is 14.0. The average molecular weight is 372 g/mol. The molecular formula is C18H11ClFN3OS. The van der Waals surface area contributed by atoms with Crippen LogP contribution in [-0.4, -0.2) is 15.3 Å². The molecule has 0 radical (unpaired) electrons. The highest BCUT2D eigenvalue weighted by Crippen LogP contribution is 2.29. The van der Waals surface area contributed by atoms with Gasteiger partial charge in [0.25, 0.3) is 5.91 Å². The standard InChI is InChI=1S/C18H11ClFN3OS/c19-12-5-3-6-13(20)16(12)17(24)21-14-7-2-1-4-11(14)15-10-23-8-9-25-18(23)22-15/h1-10H,(H,21,24). The molecule has 0 bridgehead atoms. The maximum atomic E-state index is 14.0. The largest absolute Gasteiger partial charge is 0.321 e. The van der Waals surface area contributed by atoms with Gasteiger partial charge in [0.2, 0.25) is 0 Å². The zero-order chi connectivity index (χ0) is 17.4. The predicted octanol–water partition coefficient (Wildman–Crippen LogP) is 5.11. The van der Waals surface area contributed by atoms with E-state index in [1.807, 2.05) is 34.3 Å². The van der Waals surface area contributed by atoms with Crippen LogP contribution in [0.4, 0.5) is 10.1 Å². The van der Waals surface area contributed by atoms with E-state index in [0.717, 1.165) is 16.2 Å². The molecule has 1 amide bonds. The first-order valence-corrected chi connectivity index (χ1v) is 8.66. The summed E-state index contributed by atoms with van der Waals surface area (Å²) in [5, 5.41) is 4.75. The van der Waals surface area contributed by atoms with Crippen molar-refractivity contribution in [1.82, 2.24) is 9.38 Å². The fraction of sp³-hybridized carbons (Fsp3) is 0. The van der Waals surface area contributed by atoms with Crippen LogP contribution in [0.15, 0.2) is 60.2 Å². The first-order chi connectivity index (χ1) is 12.1. The van der Waals surface area contributed by atoms with E-state index in [9.17, 15) is 9.18 Å². The summed E-state index contributed by atoms with van der Waals surface area (Å²) in [4.78, 5) is 17.9. The Morgan fingerprint density at radius 1 is 1.20 bits per heavy atom. The molecule has 4 rings (SSSR count). The summed E-state index contributed by atoms with van der Waals surface area (Å²) < 4.78 is 15.9. The van der Waals surface area contributed by atoms with Gasteiger partial charge in [0, 0.05) is 23.3 Å². The zero-order valence-corrected chi connectivity index (χ0v) is 14.3. The minimum Gasteiger partial charge on any atom is -0.321 e. The molecule has 4 nitrogen and oxygen atoms in total. The molecule has 25 heavy (non-hydrogen) atoms. The van der Waals surface area contributed by atoms with Gasteiger partial charge >= 0.3 is 0 Å². The van der Waals surface area contributed by atoms with Gasteiger partial charge in [0.15, 0.2) is 4.96 Å². The SMILES string of the molecule is O=C(Nc1ccccc1-c1cn2ccsc2n1)c1c(F)cccc1Cl. The second-order valence-electron chi connectivity index (χ2n) is 5.32. The lowest BCUT2D eigenvalue weighted by Crippen LogP contribution is -2.15. The third-order valence-corrected chi connectivity index (χ3v) is 4.82. The van der Waals surface area contributed by atoms with Crippen LogP contribution >= 0.6 is 22.9 Å². The molecule has 4 aromatic rings. The molecule has 0 aliphatic rings. The van der Waals surface area contributed by atoms with Crippen molar-refractivity contribution in [1.29, 1.82) is 0 Å². The van der Waals surface area contributed by atoms with Crippen molar-refractivity contribution in [3.05, 3.63) is 76.6 Å². The summed E-state index contributed by atoms with van der Waals surface area (Å²) in [5.74, 6) is -1.26. The summed E-state index contributed by atoms with van der Waals surface area (Å²) in [7, 11) is 0. The number of para-hydroxylation sites is 1. The minimum absolute atomic E-state index is 0.0671. The number of benzene rings is 2. The second-order valence-corrected chi connectivity index (χ2v) is 6.60. The third kappa shape index (κ3) is 2.90. The number of thiazole rings is 1. The summed E-state index contributed by atoms with van der Waals surface area (Å²) in [5.41, 5.74) is 1.84. The van der Waals surface area contributed by atoms with E-state index < -0.39 is 11.7 Å². The lowest BCUT2D eigenvalue weighted by Gasteiger charge is -2.11. The van der Waals surface area contributed by atoms with Crippen LogP contribution in [0.3, 0.4) is 0 Å². The molecule has 2 aromatic heterocycles. The van der Waals surface area contributed by atoms with Gasteiger partial charge in [-0.15, -0.1) is 11.3 Å². The van der Waals surface area contributed by atoms with E-state index in [4.69, 9.17) is 11.6 Å². The van der Waals surface area contributed by atoms with Crippen molar-refractivity contribution in [2.45, 2.75) is 0 Å². The van der Waals surface area contributed by atoms with Crippen molar-refractivity contribution >= 4 is 39.5 Å². The summed E-state index contributed by atoms with van der Waals surface area (Å²) in [6.07, 6.45) is 3.80. The minimum atomic E-state index is -0.662. The molecule has 2 aromatic carbocycles. The number of nitrogens with zero attached hydrogens (tertiary/aromatic N) is 2. The summed E-state index contributed by atoms with van der Waals surface area (Å²) in [6, 6.07) is 11.4. The van der Waals surface area contributed by atoms with Crippen LogP contribution in [0.25, 0.3) is 16.2 Å². The normalized spacial score (nSPS) is 11.0. The van der Waals surface area contributed by atoms with Gasteiger partial charge in [-0.1, -0.05) is 35.9 Å². The Morgan fingerprint density at radius 2 is 2.04 bits per heavy atom. The number of carbonyl (C=O) groups is 1. The Morgan fingerprint density at radius 3 is 2.84 bits per heavy atom. The highest BCUT2D eigenvalue weighted by molar-refractivity contribution is 7.15. The van der Waals surface area contributed by atoms with Crippen molar-refractivity contribution in [2.75, 3.05) is 5.32 Å². The average Bonchev–Trinajstić information content (AvgIpc) is 3.17. The topological polar surface area (TPSA) is 46.4 Å². The van der Waals surface area contributed by atoms with E-state index in [1.165, 1.54) is 29.5 Å². The van der Waals surface area contributed by atoms with Crippen LogP contribution in [0, 0.1) is 5.82 Å². The Hall–Kier alpha value is -2.70. The van der Waals surface area contributed by atoms with E-state index in [-0.39, 0.29) is 10.6 Å². The van der Waals surface area contributed by atoms with Crippen LogP contribution in [0.5, 0.6) is 0 Å². The number of aromatic nitrogens is 2. The molecule has 0 aliphatic heterocycles. The quantitative estimate of drug-likeness (QED) is 0.544. The summed E-state index contributed by atoms with van der Waals surface area (Å²) in [6.45, 7) is 0. The Kier molecular flexibility index (Phi) is 3.99. The number of halogens is 2. The van der Waals surface area contributed by atoms with Gasteiger partial charge in [0.1, 0.15) is 5.82 Å². The van der Waals surface area contributed by atoms with Crippen molar-refractivity contribution in [2.24, 2.45) is 0 Å². The fourth-order valence-electron chi connectivity index (χ4n) is 2.57. The van der Waals surface area contributed by atoms with Gasteiger partial charge in [-0.2, -0.15) is 0 Å². The number of imidazole rings is 1. The molecule has 7 heteroatoms. The Labute approximate surface area is 151 Å². The van der Waals surface area contributed by atoms with E-state index >= 15 is 0 Å². The zero-order valence-electron chi connectivity index (χ0n) is 12.7. The van der Waals surface area contributed by atoms with E-state index in [1.54, 1.807) is 12.1 Å². The number of amides is 1. The first kappa shape index (κ1) is 15.8. The van der Waals surface area contributed by atoms with Crippen LogP contribution in [0.2, 0.25) is 5.02 Å². The van der Waals surface area contributed by atoms with Gasteiger partial charge in [-0.3, -0.25) is 9.20 Å². The number of nitrogens with one attached hydrogen (secondary N) is 1. The van der Waals surface area contributed by atoms with Gasteiger partial charge in [0.05, 0.1) is 22.0 Å². The summed E-state index contributed by atoms with van der Waals surface area (Å²) >= 11 is 7.49. The van der Waals surface area contributed by atoms with Crippen molar-refractivity contribution in [3.8, 4) is 11.3 Å². The maximum Gasteiger partial charge on any atom is 0.260 e. The van der Waals surface area contributed by atoms with Crippen LogP contribution < -0.4 is 5.32 Å². The van der Waals surface area contributed by atoms with E-state index in [2.05, 4.69) is 10.3 Å². The van der Waals surface area contributed by atoms with Crippen LogP contribution in [0.1, 0.15) is 10.4 Å². The molecule has 0 saturated carbocycles. The molecule has 0 atom stereocenters. The lowest BCUT2D eigenvalue weighted by molar-refractivity contribution is 0.102. The van der Waals surface area contributed by atoms with Crippen molar-refractivity contribution < 1.29 is 9.18 Å². The molecule has 2 heterocycles. The number of hydrogen-bond acceptors (Lipinski definition) is 3. The van der Waals surface area contributed by atoms with Crippen LogP contribution in [-0.2, 0) is 0 Å². The first-order valence-electron chi connectivity index (χ1n) is 7.40. The highest BCUT2D eigenvalue weighted by atomic mass is 35.5. The molecule has 0 spiro atoms. The smallest absolute Gasteiger partial charge is 0.260 e. The van der Waals surface area contributed by atoms with Gasteiger partial charge in [-0.05, 0) is 18.2 Å². The number of anilines is 1.